The molecule has 0 aromatic rings. The molecule has 0 spiro atoms. The van der Waals surface area contributed by atoms with Crippen LogP contribution in [0.2, 0.25) is 0 Å². The van der Waals surface area contributed by atoms with Crippen molar-refractivity contribution in [2.45, 2.75) is 12.5 Å². The molecule has 0 radical (unpaired) electrons. The van der Waals surface area contributed by atoms with Crippen molar-refractivity contribution in [3.05, 3.63) is 0 Å². The van der Waals surface area contributed by atoms with E-state index in [2.05, 4.69) is 12.6 Å². The number of hydrazine groups is 1. The maximum Gasteiger partial charge on any atom is 0.258 e. The minimum absolute atomic E-state index is 0.178. The molecule has 1 unspecified atom stereocenters. The van der Waals surface area contributed by atoms with Crippen LogP contribution >= 0.6 is 12.6 Å². The first-order valence-electron chi connectivity index (χ1n) is 3.03. The molecule has 1 amide bonds. The summed E-state index contributed by atoms with van der Waals surface area (Å²) in [7, 11) is 0. The van der Waals surface area contributed by atoms with Crippen LogP contribution in [0.3, 0.4) is 0 Å². The highest BCUT2D eigenvalue weighted by molar-refractivity contribution is 7.80. The lowest BCUT2D eigenvalue weighted by Crippen LogP contribution is -2.48. The van der Waals surface area contributed by atoms with E-state index < -0.39 is 11.9 Å². The molecule has 0 aliphatic heterocycles. The number of rotatable bonds is 4. The second-order valence-corrected chi connectivity index (χ2v) is 2.37. The Bertz CT molecular complexity index is 162. The first kappa shape index (κ1) is 10.4. The van der Waals surface area contributed by atoms with E-state index in [0.717, 1.165) is 0 Å². The molecular weight excluding hydrogens is 166 g/mol. The smallest absolute Gasteiger partial charge is 0.258 e. The second-order valence-electron chi connectivity index (χ2n) is 1.93. The molecule has 0 bridgehead atoms. The first-order valence-corrected chi connectivity index (χ1v) is 3.66. The van der Waals surface area contributed by atoms with Crippen molar-refractivity contribution in [3.8, 4) is 0 Å². The van der Waals surface area contributed by atoms with E-state index in [1.165, 1.54) is 0 Å². The van der Waals surface area contributed by atoms with Crippen LogP contribution in [-0.2, 0) is 9.59 Å². The van der Waals surface area contributed by atoms with E-state index in [9.17, 15) is 9.59 Å². The van der Waals surface area contributed by atoms with Gasteiger partial charge in [0.15, 0.2) is 5.78 Å². The summed E-state index contributed by atoms with van der Waals surface area (Å²) in [6, 6.07) is -1.16. The molecule has 0 aromatic heterocycles. The van der Waals surface area contributed by atoms with Crippen LogP contribution in [0.1, 0.15) is 6.42 Å². The Labute approximate surface area is 69.9 Å². The highest BCUT2D eigenvalue weighted by Gasteiger charge is 2.19. The fourth-order valence-electron chi connectivity index (χ4n) is 0.502. The molecule has 0 fully saturated rings. The van der Waals surface area contributed by atoms with Gasteiger partial charge in [0.1, 0.15) is 6.04 Å². The predicted octanol–water partition coefficient (Wildman–Crippen LogP) is -1.81. The molecule has 64 valence electrons. The second kappa shape index (κ2) is 5.11. The lowest BCUT2D eigenvalue weighted by atomic mass is 10.1. The molecule has 0 heterocycles. The van der Waals surface area contributed by atoms with E-state index in [1.807, 2.05) is 0 Å². The zero-order valence-electron chi connectivity index (χ0n) is 5.91. The van der Waals surface area contributed by atoms with Gasteiger partial charge in [0.05, 0.1) is 0 Å². The van der Waals surface area contributed by atoms with Gasteiger partial charge in [-0.2, -0.15) is 12.6 Å². The number of amides is 1. The van der Waals surface area contributed by atoms with Crippen LogP contribution in [0.4, 0.5) is 0 Å². The molecule has 0 aromatic carbocycles. The summed E-state index contributed by atoms with van der Waals surface area (Å²) in [4.78, 5) is 21.5. The molecule has 11 heavy (non-hydrogen) atoms. The van der Waals surface area contributed by atoms with E-state index in [-0.39, 0.29) is 12.2 Å². The zero-order chi connectivity index (χ0) is 8.85. The van der Waals surface area contributed by atoms with Gasteiger partial charge in [-0.05, 0) is 5.75 Å². The van der Waals surface area contributed by atoms with Crippen LogP contribution in [0.5, 0.6) is 0 Å². The summed E-state index contributed by atoms with van der Waals surface area (Å²) in [5.74, 6) is 4.11. The number of ketones is 1. The summed E-state index contributed by atoms with van der Waals surface area (Å²) >= 11 is 3.81. The van der Waals surface area contributed by atoms with E-state index >= 15 is 0 Å². The molecular formula is C5H11N3O2S. The van der Waals surface area contributed by atoms with Crippen molar-refractivity contribution in [2.75, 3.05) is 5.75 Å². The summed E-state index contributed by atoms with van der Waals surface area (Å²) in [6.07, 6.45) is 0.178. The van der Waals surface area contributed by atoms with Crippen molar-refractivity contribution in [2.24, 2.45) is 11.6 Å². The maximum atomic E-state index is 10.9. The van der Waals surface area contributed by atoms with Gasteiger partial charge in [0, 0.05) is 6.42 Å². The lowest BCUT2D eigenvalue weighted by molar-refractivity contribution is -0.129. The fourth-order valence-corrected chi connectivity index (χ4v) is 0.722. The molecule has 6 heteroatoms. The van der Waals surface area contributed by atoms with Crippen LogP contribution in [0.25, 0.3) is 0 Å². The van der Waals surface area contributed by atoms with Gasteiger partial charge in [-0.1, -0.05) is 0 Å². The quantitative estimate of drug-likeness (QED) is 0.134. The van der Waals surface area contributed by atoms with Gasteiger partial charge >= 0.3 is 0 Å². The predicted molar refractivity (Wildman–Crippen MR) is 43.8 cm³/mol. The maximum absolute atomic E-state index is 10.9. The van der Waals surface area contributed by atoms with Gasteiger partial charge in [0.25, 0.3) is 5.91 Å². The number of hydrogen-bond donors (Lipinski definition) is 4. The molecule has 1 atom stereocenters. The average Bonchev–Trinajstić information content (AvgIpc) is 2.02. The van der Waals surface area contributed by atoms with E-state index in [0.29, 0.717) is 5.75 Å². The van der Waals surface area contributed by atoms with Crippen molar-refractivity contribution in [3.63, 3.8) is 0 Å². The highest BCUT2D eigenvalue weighted by Crippen LogP contribution is 1.90. The number of Topliss-reactive ketones (excluding diaryl/α,β-unsaturated/α-hetero) is 1. The normalized spacial score (nSPS) is 12.3. The largest absolute Gasteiger partial charge is 0.314 e. The Balaban J connectivity index is 3.91. The standard InChI is InChI=1S/C5H11N3O2S/c6-4(5(10)8-7)3(9)1-2-11/h4,11H,1-2,6-7H2,(H,8,10). The summed E-state index contributed by atoms with van der Waals surface area (Å²) < 4.78 is 0. The fraction of sp³-hybridized carbons (Fsp3) is 0.600. The zero-order valence-corrected chi connectivity index (χ0v) is 6.80. The third kappa shape index (κ3) is 3.35. The lowest BCUT2D eigenvalue weighted by Gasteiger charge is -2.06. The van der Waals surface area contributed by atoms with Gasteiger partial charge in [0.2, 0.25) is 0 Å². The number of thiol groups is 1. The van der Waals surface area contributed by atoms with Crippen molar-refractivity contribution in [1.82, 2.24) is 5.43 Å². The topological polar surface area (TPSA) is 98.2 Å². The Morgan fingerprint density at radius 3 is 2.45 bits per heavy atom. The van der Waals surface area contributed by atoms with Crippen molar-refractivity contribution >= 4 is 24.3 Å². The number of carbonyl (C=O) groups is 2. The van der Waals surface area contributed by atoms with E-state index in [4.69, 9.17) is 11.6 Å². The number of nitrogens with one attached hydrogen (secondary N) is 1. The van der Waals surface area contributed by atoms with Crippen LogP contribution in [0.15, 0.2) is 0 Å². The Kier molecular flexibility index (Phi) is 4.84. The van der Waals surface area contributed by atoms with E-state index in [1.54, 1.807) is 5.43 Å². The SMILES string of the molecule is NNC(=O)C(N)C(=O)CCS. The Morgan fingerprint density at radius 1 is 1.55 bits per heavy atom. The molecule has 0 aliphatic carbocycles. The summed E-state index contributed by atoms with van der Waals surface area (Å²) in [5.41, 5.74) is 6.98. The number of hydrogen-bond acceptors (Lipinski definition) is 5. The molecule has 0 saturated carbocycles. The Hall–Kier alpha value is -0.590. The summed E-state index contributed by atoms with van der Waals surface area (Å²) in [5, 5.41) is 0. The molecule has 5 nitrogen and oxygen atoms in total. The molecule has 0 rings (SSSR count). The first-order chi connectivity index (χ1) is 5.13. The van der Waals surface area contributed by atoms with Crippen molar-refractivity contribution < 1.29 is 9.59 Å². The van der Waals surface area contributed by atoms with Gasteiger partial charge in [-0.3, -0.25) is 15.0 Å². The third-order valence-corrected chi connectivity index (χ3v) is 1.35. The number of carbonyl (C=O) groups excluding carboxylic acids is 2. The van der Waals surface area contributed by atoms with Gasteiger partial charge < -0.3 is 5.73 Å². The van der Waals surface area contributed by atoms with Crippen molar-refractivity contribution in [1.29, 1.82) is 0 Å². The third-order valence-electron chi connectivity index (χ3n) is 1.13. The molecule has 0 aliphatic rings. The van der Waals surface area contributed by atoms with Crippen LogP contribution < -0.4 is 17.0 Å². The minimum atomic E-state index is -1.16. The van der Waals surface area contributed by atoms with Crippen LogP contribution in [-0.4, -0.2) is 23.5 Å². The average molecular weight is 177 g/mol. The monoisotopic (exact) mass is 177 g/mol. The minimum Gasteiger partial charge on any atom is -0.314 e. The van der Waals surface area contributed by atoms with Gasteiger partial charge in [-0.15, -0.1) is 0 Å². The molecule has 0 saturated heterocycles. The van der Waals surface area contributed by atoms with Crippen LogP contribution in [0, 0.1) is 0 Å². The highest BCUT2D eigenvalue weighted by atomic mass is 32.1. The number of nitrogens with two attached hydrogens (primary N) is 2. The van der Waals surface area contributed by atoms with Gasteiger partial charge in [-0.25, -0.2) is 5.84 Å². The Morgan fingerprint density at radius 2 is 2.09 bits per heavy atom. The molecule has 5 N–H and O–H groups in total. The summed E-state index contributed by atoms with van der Waals surface area (Å²) in [6.45, 7) is 0.